The van der Waals surface area contributed by atoms with Crippen molar-refractivity contribution in [3.05, 3.63) is 40.4 Å². The van der Waals surface area contributed by atoms with Gasteiger partial charge in [-0.05, 0) is 69.9 Å². The molecule has 0 unspecified atom stereocenters. The Balaban J connectivity index is 1.12. The molecular formula is C27H34F3N5O2S. The Morgan fingerprint density at radius 2 is 1.92 bits per heavy atom. The largest absolute Gasteiger partial charge is 0.470 e. The molecule has 0 radical (unpaired) electrons. The smallest absolute Gasteiger partial charge is 0.392 e. The van der Waals surface area contributed by atoms with E-state index in [4.69, 9.17) is 4.74 Å². The van der Waals surface area contributed by atoms with Crippen LogP contribution in [0.15, 0.2) is 23.5 Å². The number of amides is 1. The van der Waals surface area contributed by atoms with E-state index in [1.165, 1.54) is 17.4 Å². The standard InChI is InChI=1S/C27H34F3N5O2S/c1-19-31-17-22(18-32-19)6-7-25(36)33-16-21-4-2-20(3-5-21)8-12-35-13-9-23-24(10-14-35)38-26(34-23)37-15-11-27(28,29)30/h6-7,16-18,20-21H,2-5,8-15H2,1H3/b7-6+,33-16?. The second-order valence-electron chi connectivity index (χ2n) is 9.99. The first-order chi connectivity index (χ1) is 18.2. The van der Waals surface area contributed by atoms with E-state index in [-0.39, 0.29) is 12.5 Å². The van der Waals surface area contributed by atoms with Gasteiger partial charge < -0.3 is 9.64 Å². The molecule has 206 valence electrons. The average Bonchev–Trinajstić information content (AvgIpc) is 3.18. The van der Waals surface area contributed by atoms with E-state index >= 15 is 0 Å². The Hall–Kier alpha value is -2.66. The minimum atomic E-state index is -4.21. The van der Waals surface area contributed by atoms with Crippen LogP contribution in [0.2, 0.25) is 0 Å². The Morgan fingerprint density at radius 3 is 2.66 bits per heavy atom. The third kappa shape index (κ3) is 9.27. The maximum Gasteiger partial charge on any atom is 0.392 e. The number of thiazole rings is 1. The minimum absolute atomic E-state index is 0.267. The van der Waals surface area contributed by atoms with Crippen molar-refractivity contribution in [2.75, 3.05) is 26.2 Å². The Bertz CT molecular complexity index is 1080. The number of aromatic nitrogens is 3. The molecule has 3 heterocycles. The lowest BCUT2D eigenvalue weighted by Crippen LogP contribution is -2.29. The topological polar surface area (TPSA) is 80.6 Å². The molecule has 1 aliphatic carbocycles. The van der Waals surface area contributed by atoms with Crippen molar-refractivity contribution >= 4 is 29.5 Å². The van der Waals surface area contributed by atoms with Gasteiger partial charge in [0.1, 0.15) is 5.82 Å². The first kappa shape index (κ1) is 28.4. The maximum atomic E-state index is 12.3. The van der Waals surface area contributed by atoms with Crippen molar-refractivity contribution in [2.24, 2.45) is 16.8 Å². The van der Waals surface area contributed by atoms with Gasteiger partial charge in [-0.3, -0.25) is 4.79 Å². The van der Waals surface area contributed by atoms with E-state index in [1.54, 1.807) is 18.5 Å². The van der Waals surface area contributed by atoms with Gasteiger partial charge in [-0.25, -0.2) is 19.9 Å². The van der Waals surface area contributed by atoms with Crippen molar-refractivity contribution in [3.8, 4) is 5.19 Å². The van der Waals surface area contributed by atoms with Crippen molar-refractivity contribution in [3.63, 3.8) is 0 Å². The lowest BCUT2D eigenvalue weighted by Gasteiger charge is -2.28. The van der Waals surface area contributed by atoms with Gasteiger partial charge in [-0.2, -0.15) is 13.2 Å². The zero-order chi connectivity index (χ0) is 27.0. The van der Waals surface area contributed by atoms with Crippen LogP contribution in [0.25, 0.3) is 6.08 Å². The number of carbonyl (C=O) groups is 1. The monoisotopic (exact) mass is 549 g/mol. The summed E-state index contributed by atoms with van der Waals surface area (Å²) >= 11 is 1.38. The van der Waals surface area contributed by atoms with E-state index in [9.17, 15) is 18.0 Å². The van der Waals surface area contributed by atoms with E-state index < -0.39 is 12.6 Å². The van der Waals surface area contributed by atoms with E-state index in [1.807, 2.05) is 13.1 Å². The molecule has 0 aromatic carbocycles. The third-order valence-corrected chi connectivity index (χ3v) is 8.14. The first-order valence-electron chi connectivity index (χ1n) is 13.2. The molecule has 0 saturated heterocycles. The van der Waals surface area contributed by atoms with Crippen LogP contribution in [-0.4, -0.2) is 64.4 Å². The number of alkyl halides is 3. The fraction of sp³-hybridized carbons (Fsp3) is 0.593. The van der Waals surface area contributed by atoms with Crippen LogP contribution in [0.3, 0.4) is 0 Å². The summed E-state index contributed by atoms with van der Waals surface area (Å²) in [7, 11) is 0. The maximum absolute atomic E-state index is 12.3. The molecule has 2 aromatic heterocycles. The zero-order valence-corrected chi connectivity index (χ0v) is 22.4. The highest BCUT2D eigenvalue weighted by Gasteiger charge is 2.27. The number of hydrogen-bond acceptors (Lipinski definition) is 7. The molecule has 0 atom stereocenters. The van der Waals surface area contributed by atoms with Crippen LogP contribution in [-0.2, 0) is 17.6 Å². The van der Waals surface area contributed by atoms with Crippen molar-refractivity contribution in [2.45, 2.75) is 64.5 Å². The SMILES string of the molecule is Cc1ncc(/C=C/C(=O)N=CC2CCC(CCN3CCc4nc(OCCC(F)(F)F)sc4CC3)CC2)cn1. The number of fused-ring (bicyclic) bond motifs is 1. The summed E-state index contributed by atoms with van der Waals surface area (Å²) in [5.41, 5.74) is 1.74. The zero-order valence-electron chi connectivity index (χ0n) is 21.6. The van der Waals surface area contributed by atoms with Gasteiger partial charge in [0.05, 0.1) is 18.7 Å². The number of ether oxygens (including phenoxy) is 1. The number of nitrogens with zero attached hydrogens (tertiary/aromatic N) is 5. The molecular weight excluding hydrogens is 515 g/mol. The van der Waals surface area contributed by atoms with Gasteiger partial charge in [0.25, 0.3) is 11.1 Å². The summed E-state index contributed by atoms with van der Waals surface area (Å²) in [6, 6.07) is 0. The molecule has 0 bridgehead atoms. The van der Waals surface area contributed by atoms with E-state index in [2.05, 4.69) is 24.8 Å². The lowest BCUT2D eigenvalue weighted by molar-refractivity contribution is -0.139. The van der Waals surface area contributed by atoms with Gasteiger partial charge >= 0.3 is 6.18 Å². The molecule has 1 aliphatic heterocycles. The van der Waals surface area contributed by atoms with Crippen LogP contribution in [0.4, 0.5) is 13.2 Å². The molecule has 4 rings (SSSR count). The van der Waals surface area contributed by atoms with E-state index in [0.717, 1.165) is 80.7 Å². The fourth-order valence-corrected chi connectivity index (χ4v) is 5.76. The van der Waals surface area contributed by atoms with Crippen LogP contribution in [0.5, 0.6) is 5.19 Å². The van der Waals surface area contributed by atoms with Crippen molar-refractivity contribution < 1.29 is 22.7 Å². The highest BCUT2D eigenvalue weighted by molar-refractivity contribution is 7.13. The summed E-state index contributed by atoms with van der Waals surface area (Å²) < 4.78 is 42.2. The molecule has 0 spiro atoms. The number of carbonyl (C=O) groups excluding carboxylic acids is 1. The summed E-state index contributed by atoms with van der Waals surface area (Å²) in [4.78, 5) is 32.4. The van der Waals surface area contributed by atoms with Gasteiger partial charge in [0.2, 0.25) is 0 Å². The highest BCUT2D eigenvalue weighted by Crippen LogP contribution is 2.32. The van der Waals surface area contributed by atoms with Gasteiger partial charge in [-0.1, -0.05) is 11.3 Å². The quantitative estimate of drug-likeness (QED) is 0.304. The molecule has 7 nitrogen and oxygen atoms in total. The lowest BCUT2D eigenvalue weighted by atomic mass is 9.81. The van der Waals surface area contributed by atoms with Crippen molar-refractivity contribution in [1.29, 1.82) is 0 Å². The predicted molar refractivity (Wildman–Crippen MR) is 141 cm³/mol. The van der Waals surface area contributed by atoms with Crippen LogP contribution < -0.4 is 4.74 Å². The Labute approximate surface area is 225 Å². The van der Waals surface area contributed by atoms with Gasteiger partial charge in [-0.15, -0.1) is 0 Å². The molecule has 1 fully saturated rings. The highest BCUT2D eigenvalue weighted by atomic mass is 32.1. The number of aliphatic imine (C=N–C) groups is 1. The summed E-state index contributed by atoms with van der Waals surface area (Å²) in [5, 5.41) is 0.353. The predicted octanol–water partition coefficient (Wildman–Crippen LogP) is 5.48. The molecule has 38 heavy (non-hydrogen) atoms. The second-order valence-corrected chi connectivity index (χ2v) is 11.0. The van der Waals surface area contributed by atoms with E-state index in [0.29, 0.717) is 22.9 Å². The number of rotatable bonds is 9. The third-order valence-electron chi connectivity index (χ3n) is 7.07. The summed E-state index contributed by atoms with van der Waals surface area (Å²) in [6.07, 6.45) is 10.3. The molecule has 0 N–H and O–H groups in total. The van der Waals surface area contributed by atoms with Gasteiger partial charge in [0.15, 0.2) is 0 Å². The minimum Gasteiger partial charge on any atom is -0.470 e. The molecule has 1 saturated carbocycles. The number of halogens is 3. The van der Waals surface area contributed by atoms with Crippen LogP contribution >= 0.6 is 11.3 Å². The fourth-order valence-electron chi connectivity index (χ4n) is 4.79. The Morgan fingerprint density at radius 1 is 1.18 bits per heavy atom. The Kier molecular flexibility index (Phi) is 10.0. The average molecular weight is 550 g/mol. The second kappa shape index (κ2) is 13.4. The normalized spacial score (nSPS) is 21.1. The molecule has 1 amide bonds. The molecule has 2 aromatic rings. The summed E-state index contributed by atoms with van der Waals surface area (Å²) in [6.45, 7) is 4.31. The van der Waals surface area contributed by atoms with Gasteiger partial charge in [0, 0.05) is 54.6 Å². The number of aryl methyl sites for hydroxylation is 1. The molecule has 11 heteroatoms. The number of hydrogen-bond donors (Lipinski definition) is 0. The first-order valence-corrected chi connectivity index (χ1v) is 14.0. The van der Waals surface area contributed by atoms with Crippen LogP contribution in [0.1, 0.15) is 60.5 Å². The molecule has 2 aliphatic rings. The van der Waals surface area contributed by atoms with Crippen molar-refractivity contribution in [1.82, 2.24) is 19.9 Å². The summed E-state index contributed by atoms with van der Waals surface area (Å²) in [5.74, 6) is 1.45. The van der Waals surface area contributed by atoms with Crippen LogP contribution in [0, 0.1) is 18.8 Å².